The summed E-state index contributed by atoms with van der Waals surface area (Å²) in [4.78, 5) is 6.69. The number of hydrogen-bond acceptors (Lipinski definition) is 4. The van der Waals surface area contributed by atoms with Crippen molar-refractivity contribution in [1.29, 1.82) is 0 Å². The van der Waals surface area contributed by atoms with E-state index in [1.165, 1.54) is 0 Å². The third-order valence-electron chi connectivity index (χ3n) is 3.34. The van der Waals surface area contributed by atoms with Gasteiger partial charge in [-0.3, -0.25) is 4.90 Å². The molecule has 0 aromatic carbocycles. The van der Waals surface area contributed by atoms with E-state index >= 15 is 0 Å². The lowest BCUT2D eigenvalue weighted by molar-refractivity contribution is -0.0116. The Morgan fingerprint density at radius 2 is 2.15 bits per heavy atom. The van der Waals surface area contributed by atoms with Crippen LogP contribution in [0.15, 0.2) is 18.3 Å². The Labute approximate surface area is 122 Å². The monoisotopic (exact) mass is 278 g/mol. The second-order valence-corrected chi connectivity index (χ2v) is 6.46. The summed E-state index contributed by atoms with van der Waals surface area (Å²) in [5.74, 6) is 0.730. The number of rotatable bonds is 5. The van der Waals surface area contributed by atoms with E-state index in [1.54, 1.807) is 0 Å². The van der Waals surface area contributed by atoms with Crippen molar-refractivity contribution < 1.29 is 9.47 Å². The summed E-state index contributed by atoms with van der Waals surface area (Å²) in [5, 5.41) is 0. The van der Waals surface area contributed by atoms with Gasteiger partial charge in [0.05, 0.1) is 12.2 Å². The minimum absolute atomic E-state index is 0.0541. The first-order valence-electron chi connectivity index (χ1n) is 7.38. The molecule has 1 aromatic heterocycles. The highest BCUT2D eigenvalue weighted by molar-refractivity contribution is 5.16. The zero-order chi connectivity index (χ0) is 14.6. The summed E-state index contributed by atoms with van der Waals surface area (Å²) in [6.45, 7) is 12.1. The number of aromatic nitrogens is 1. The lowest BCUT2D eigenvalue weighted by atomic mass is 10.2. The molecule has 1 aromatic rings. The third-order valence-corrected chi connectivity index (χ3v) is 3.34. The summed E-state index contributed by atoms with van der Waals surface area (Å²) >= 11 is 0. The predicted molar refractivity (Wildman–Crippen MR) is 80.2 cm³/mol. The van der Waals surface area contributed by atoms with E-state index in [9.17, 15) is 0 Å². The molecule has 4 nitrogen and oxygen atoms in total. The van der Waals surface area contributed by atoms with Gasteiger partial charge in [0.2, 0.25) is 5.88 Å². The fraction of sp³-hybridized carbons (Fsp3) is 0.688. The van der Waals surface area contributed by atoms with Crippen molar-refractivity contribution in [2.24, 2.45) is 0 Å². The van der Waals surface area contributed by atoms with Gasteiger partial charge < -0.3 is 9.47 Å². The van der Waals surface area contributed by atoms with Crippen LogP contribution in [0.25, 0.3) is 0 Å². The number of ether oxygens (including phenoxy) is 2. The average molecular weight is 278 g/mol. The molecule has 20 heavy (non-hydrogen) atoms. The zero-order valence-electron chi connectivity index (χ0n) is 13.1. The highest BCUT2D eigenvalue weighted by atomic mass is 16.5. The van der Waals surface area contributed by atoms with Gasteiger partial charge in [-0.05, 0) is 39.7 Å². The molecule has 1 unspecified atom stereocenters. The maximum Gasteiger partial charge on any atom is 0.213 e. The van der Waals surface area contributed by atoms with Crippen LogP contribution in [0.5, 0.6) is 5.88 Å². The molecule has 0 aliphatic carbocycles. The maximum absolute atomic E-state index is 5.91. The van der Waals surface area contributed by atoms with Gasteiger partial charge in [-0.25, -0.2) is 4.98 Å². The summed E-state index contributed by atoms with van der Waals surface area (Å²) in [7, 11) is 0. The van der Waals surface area contributed by atoms with Gasteiger partial charge in [0.1, 0.15) is 6.10 Å². The highest BCUT2D eigenvalue weighted by Crippen LogP contribution is 2.17. The molecule has 4 heteroatoms. The Kier molecular flexibility index (Phi) is 5.00. The molecule has 2 heterocycles. The summed E-state index contributed by atoms with van der Waals surface area (Å²) < 4.78 is 11.7. The van der Waals surface area contributed by atoms with Crippen molar-refractivity contribution in [2.75, 3.05) is 26.2 Å². The lowest BCUT2D eigenvalue weighted by Gasteiger charge is -2.22. The lowest BCUT2D eigenvalue weighted by Crippen LogP contribution is -2.31. The molecule has 112 valence electrons. The van der Waals surface area contributed by atoms with Crippen LogP contribution < -0.4 is 4.74 Å². The zero-order valence-corrected chi connectivity index (χ0v) is 13.1. The maximum atomic E-state index is 5.91. The van der Waals surface area contributed by atoms with Crippen LogP contribution in [0.3, 0.4) is 0 Å². The molecule has 1 fully saturated rings. The van der Waals surface area contributed by atoms with Crippen molar-refractivity contribution in [1.82, 2.24) is 9.88 Å². The van der Waals surface area contributed by atoms with Crippen molar-refractivity contribution >= 4 is 0 Å². The third kappa shape index (κ3) is 5.10. The molecule has 1 saturated heterocycles. The van der Waals surface area contributed by atoms with Crippen LogP contribution in [0, 0.1) is 6.92 Å². The van der Waals surface area contributed by atoms with E-state index < -0.39 is 0 Å². The van der Waals surface area contributed by atoms with E-state index in [1.807, 2.05) is 25.3 Å². The van der Waals surface area contributed by atoms with Crippen molar-refractivity contribution in [3.63, 3.8) is 0 Å². The normalized spacial score (nSPS) is 20.3. The Balaban J connectivity index is 1.71. The second kappa shape index (κ2) is 6.55. The summed E-state index contributed by atoms with van der Waals surface area (Å²) in [6, 6.07) is 3.98. The first-order chi connectivity index (χ1) is 9.42. The van der Waals surface area contributed by atoms with Gasteiger partial charge >= 0.3 is 0 Å². The van der Waals surface area contributed by atoms with Crippen molar-refractivity contribution in [3.8, 4) is 5.88 Å². The molecule has 0 saturated carbocycles. The quantitative estimate of drug-likeness (QED) is 0.829. The number of hydrogen-bond donors (Lipinski definition) is 0. The minimum atomic E-state index is -0.0541. The van der Waals surface area contributed by atoms with Crippen LogP contribution in [-0.2, 0) is 4.74 Å². The number of aryl methyl sites for hydroxylation is 1. The Morgan fingerprint density at radius 3 is 2.80 bits per heavy atom. The minimum Gasteiger partial charge on any atom is -0.473 e. The molecule has 0 N–H and O–H groups in total. The average Bonchev–Trinajstić information content (AvgIpc) is 2.78. The molecular weight excluding hydrogens is 252 g/mol. The SMILES string of the molecule is Cc1ccc(OC2CCN(CCOC(C)(C)C)C2)nc1. The Hall–Kier alpha value is -1.13. The van der Waals surface area contributed by atoms with Gasteiger partial charge in [0, 0.05) is 31.9 Å². The molecule has 0 amide bonds. The van der Waals surface area contributed by atoms with E-state index in [0.29, 0.717) is 0 Å². The van der Waals surface area contributed by atoms with E-state index in [-0.39, 0.29) is 11.7 Å². The Bertz CT molecular complexity index is 411. The fourth-order valence-electron chi connectivity index (χ4n) is 2.27. The van der Waals surface area contributed by atoms with Crippen LogP contribution in [0.4, 0.5) is 0 Å². The van der Waals surface area contributed by atoms with Gasteiger partial charge in [0.15, 0.2) is 0 Å². The number of pyridine rings is 1. The molecule has 0 radical (unpaired) electrons. The van der Waals surface area contributed by atoms with Crippen LogP contribution in [-0.4, -0.2) is 47.8 Å². The van der Waals surface area contributed by atoms with Gasteiger partial charge in [-0.1, -0.05) is 6.07 Å². The Morgan fingerprint density at radius 1 is 1.35 bits per heavy atom. The van der Waals surface area contributed by atoms with E-state index in [2.05, 4.69) is 30.7 Å². The molecular formula is C16H26N2O2. The van der Waals surface area contributed by atoms with Crippen molar-refractivity contribution in [2.45, 2.75) is 45.8 Å². The fourth-order valence-corrected chi connectivity index (χ4v) is 2.27. The smallest absolute Gasteiger partial charge is 0.213 e. The van der Waals surface area contributed by atoms with Crippen LogP contribution in [0.2, 0.25) is 0 Å². The molecule has 0 spiro atoms. The topological polar surface area (TPSA) is 34.6 Å². The summed E-state index contributed by atoms with van der Waals surface area (Å²) in [5.41, 5.74) is 1.10. The first kappa shape index (κ1) is 15.3. The van der Waals surface area contributed by atoms with E-state index in [0.717, 1.165) is 44.1 Å². The van der Waals surface area contributed by atoms with Gasteiger partial charge in [-0.15, -0.1) is 0 Å². The molecule has 2 rings (SSSR count). The largest absolute Gasteiger partial charge is 0.473 e. The van der Waals surface area contributed by atoms with Crippen LogP contribution in [0.1, 0.15) is 32.8 Å². The number of nitrogens with zero attached hydrogens (tertiary/aromatic N) is 2. The number of likely N-dealkylation sites (tertiary alicyclic amines) is 1. The molecule has 1 aliphatic rings. The van der Waals surface area contributed by atoms with Crippen molar-refractivity contribution in [3.05, 3.63) is 23.9 Å². The molecule has 1 aliphatic heterocycles. The van der Waals surface area contributed by atoms with Crippen LogP contribution >= 0.6 is 0 Å². The molecule has 0 bridgehead atoms. The standard InChI is InChI=1S/C16H26N2O2/c1-13-5-6-15(17-11-13)20-14-7-8-18(12-14)9-10-19-16(2,3)4/h5-6,11,14H,7-10,12H2,1-4H3. The predicted octanol–water partition coefficient (Wildman–Crippen LogP) is 2.66. The van der Waals surface area contributed by atoms with Gasteiger partial charge in [-0.2, -0.15) is 0 Å². The van der Waals surface area contributed by atoms with E-state index in [4.69, 9.17) is 9.47 Å². The van der Waals surface area contributed by atoms with Gasteiger partial charge in [0.25, 0.3) is 0 Å². The molecule has 1 atom stereocenters. The second-order valence-electron chi connectivity index (χ2n) is 6.46. The summed E-state index contributed by atoms with van der Waals surface area (Å²) in [6.07, 6.45) is 3.16. The first-order valence-corrected chi connectivity index (χ1v) is 7.38. The highest BCUT2D eigenvalue weighted by Gasteiger charge is 2.24.